The van der Waals surface area contributed by atoms with Crippen LogP contribution < -0.4 is 10.6 Å². The van der Waals surface area contributed by atoms with E-state index in [2.05, 4.69) is 49.9 Å². The summed E-state index contributed by atoms with van der Waals surface area (Å²) >= 11 is 1.51. The van der Waals surface area contributed by atoms with E-state index in [1.165, 1.54) is 17.7 Å². The number of imidazole rings is 1. The Bertz CT molecular complexity index is 1570. The number of aliphatic hydroxyl groups excluding tert-OH is 2. The van der Waals surface area contributed by atoms with Crippen molar-refractivity contribution in [3.8, 4) is 0 Å². The first kappa shape index (κ1) is 24.4. The summed E-state index contributed by atoms with van der Waals surface area (Å²) in [4.78, 5) is 26.1. The number of hydrogen-bond acceptors (Lipinski definition) is 9. The van der Waals surface area contributed by atoms with Crippen LogP contribution in [0.1, 0.15) is 17.4 Å². The molecule has 0 unspecified atom stereocenters. The van der Waals surface area contributed by atoms with Crippen LogP contribution in [0.4, 0.5) is 5.82 Å². The smallest absolute Gasteiger partial charge is 0.224 e. The average molecular weight is 531 g/mol. The van der Waals surface area contributed by atoms with E-state index in [9.17, 15) is 15.0 Å². The number of anilines is 1. The Balaban J connectivity index is 1.26. The number of rotatable bonds is 8. The lowest BCUT2D eigenvalue weighted by atomic mass is 10.0. The molecule has 1 amide bonds. The zero-order valence-corrected chi connectivity index (χ0v) is 21.1. The van der Waals surface area contributed by atoms with E-state index in [-0.39, 0.29) is 12.3 Å². The van der Waals surface area contributed by atoms with E-state index in [1.807, 2.05) is 35.0 Å². The molecule has 38 heavy (non-hydrogen) atoms. The summed E-state index contributed by atoms with van der Waals surface area (Å²) < 4.78 is 7.63. The predicted molar refractivity (Wildman–Crippen MR) is 144 cm³/mol. The first-order chi connectivity index (χ1) is 18.6. The molecule has 4 heterocycles. The van der Waals surface area contributed by atoms with Gasteiger partial charge in [-0.05, 0) is 38.7 Å². The maximum absolute atomic E-state index is 12.8. The Hall–Kier alpha value is -3.90. The van der Waals surface area contributed by atoms with E-state index in [0.29, 0.717) is 23.5 Å². The fourth-order valence-corrected chi connectivity index (χ4v) is 5.57. The molecule has 11 heteroatoms. The molecule has 3 aromatic heterocycles. The van der Waals surface area contributed by atoms with Crippen LogP contribution >= 0.6 is 11.3 Å². The molecule has 4 atom stereocenters. The van der Waals surface area contributed by atoms with E-state index < -0.39 is 31.1 Å². The maximum atomic E-state index is 12.8. The molecule has 0 radical (unpaired) electrons. The van der Waals surface area contributed by atoms with Crippen molar-refractivity contribution >= 4 is 45.0 Å². The van der Waals surface area contributed by atoms with Gasteiger partial charge in [-0.25, -0.2) is 15.0 Å². The van der Waals surface area contributed by atoms with Gasteiger partial charge in [0.2, 0.25) is 5.91 Å². The third-order valence-electron chi connectivity index (χ3n) is 6.78. The van der Waals surface area contributed by atoms with Crippen molar-refractivity contribution in [2.45, 2.75) is 37.4 Å². The van der Waals surface area contributed by atoms with Crippen molar-refractivity contribution in [2.24, 2.45) is 0 Å². The molecular weight excluding hydrogens is 504 g/mol. The Kier molecular flexibility index (Phi) is 6.73. The highest BCUT2D eigenvalue weighted by Gasteiger charge is 2.45. The van der Waals surface area contributed by atoms with E-state index in [4.69, 9.17) is 4.74 Å². The second-order valence-corrected chi connectivity index (χ2v) is 9.96. The quantitative estimate of drug-likeness (QED) is 0.241. The number of ether oxygens (including phenoxy) is 1. The van der Waals surface area contributed by atoms with Gasteiger partial charge in [-0.2, -0.15) is 11.3 Å². The maximum Gasteiger partial charge on any atom is 0.224 e. The molecule has 0 spiro atoms. The predicted octanol–water partition coefficient (Wildman–Crippen LogP) is 2.63. The van der Waals surface area contributed by atoms with Gasteiger partial charge in [0.05, 0.1) is 19.4 Å². The lowest BCUT2D eigenvalue weighted by molar-refractivity contribution is -0.122. The Morgan fingerprint density at radius 1 is 1.11 bits per heavy atom. The number of carbonyl (C=O) groups excluding carboxylic acids is 1. The lowest BCUT2D eigenvalue weighted by Gasteiger charge is -2.23. The van der Waals surface area contributed by atoms with Crippen LogP contribution in [0, 0.1) is 0 Å². The molecule has 1 aliphatic heterocycles. The molecule has 1 aliphatic rings. The Morgan fingerprint density at radius 3 is 2.82 bits per heavy atom. The van der Waals surface area contributed by atoms with Crippen molar-refractivity contribution in [3.05, 3.63) is 83.1 Å². The number of aliphatic hydroxyl groups is 2. The molecule has 0 bridgehead atoms. The SMILES string of the molecule is O=C(Cc1ccsc1)N[C@@H]1[C@H](O)[C@@H](CO)O[C@H]1n1cnc2c(NCc3cccc4ccccc34)ncnc21. The first-order valence-corrected chi connectivity index (χ1v) is 13.2. The van der Waals surface area contributed by atoms with Crippen LogP contribution in [-0.4, -0.2) is 60.5 Å². The molecule has 4 N–H and O–H groups in total. The highest BCUT2D eigenvalue weighted by molar-refractivity contribution is 7.08. The van der Waals surface area contributed by atoms with Crippen LogP contribution in [0.15, 0.2) is 71.9 Å². The topological polar surface area (TPSA) is 134 Å². The van der Waals surface area contributed by atoms with Gasteiger partial charge in [0, 0.05) is 6.54 Å². The number of aromatic nitrogens is 4. The summed E-state index contributed by atoms with van der Waals surface area (Å²) in [7, 11) is 0. The van der Waals surface area contributed by atoms with Crippen molar-refractivity contribution < 1.29 is 19.7 Å². The fraction of sp³-hybridized carbons (Fsp3) is 0.259. The van der Waals surface area contributed by atoms with E-state index in [1.54, 1.807) is 10.9 Å². The minimum Gasteiger partial charge on any atom is -0.394 e. The Morgan fingerprint density at radius 2 is 1.97 bits per heavy atom. The summed E-state index contributed by atoms with van der Waals surface area (Å²) in [5, 5.41) is 33.0. The van der Waals surface area contributed by atoms with E-state index in [0.717, 1.165) is 21.9 Å². The molecule has 0 saturated carbocycles. The first-order valence-electron chi connectivity index (χ1n) is 12.2. The number of benzene rings is 2. The van der Waals surface area contributed by atoms with Crippen LogP contribution in [0.25, 0.3) is 21.9 Å². The molecule has 5 aromatic rings. The summed E-state index contributed by atoms with van der Waals surface area (Å²) in [6.07, 6.45) is 0.370. The van der Waals surface area contributed by atoms with Crippen LogP contribution in [-0.2, 0) is 22.5 Å². The van der Waals surface area contributed by atoms with Gasteiger partial charge >= 0.3 is 0 Å². The standard InChI is InChI=1S/C27H26N6O4S/c34-12-20-24(36)22(32-21(35)10-16-8-9-38-13-16)27(37-20)33-15-31-23-25(29-14-30-26(23)33)28-11-18-6-3-5-17-4-1-2-7-19(17)18/h1-9,13-15,20,22,24,27,34,36H,10-12H2,(H,32,35)(H,28,29,30)/t20-,22-,24-,27-/m1/s1. The highest BCUT2D eigenvalue weighted by Crippen LogP contribution is 2.32. The van der Waals surface area contributed by atoms with Gasteiger partial charge in [0.1, 0.15) is 24.6 Å². The van der Waals surface area contributed by atoms with Gasteiger partial charge < -0.3 is 25.6 Å². The van der Waals surface area contributed by atoms with Gasteiger partial charge in [0.15, 0.2) is 23.2 Å². The number of carbonyl (C=O) groups is 1. The van der Waals surface area contributed by atoms with Gasteiger partial charge in [-0.15, -0.1) is 0 Å². The van der Waals surface area contributed by atoms with E-state index >= 15 is 0 Å². The number of fused-ring (bicyclic) bond motifs is 2. The molecule has 2 aromatic carbocycles. The summed E-state index contributed by atoms with van der Waals surface area (Å²) in [5.41, 5.74) is 3.02. The molecule has 1 fully saturated rings. The minimum atomic E-state index is -1.11. The number of hydrogen-bond donors (Lipinski definition) is 4. The van der Waals surface area contributed by atoms with Crippen molar-refractivity contribution in [1.29, 1.82) is 0 Å². The number of thiophene rings is 1. The summed E-state index contributed by atoms with van der Waals surface area (Å²) in [5.74, 6) is 0.299. The number of amides is 1. The van der Waals surface area contributed by atoms with Crippen molar-refractivity contribution in [1.82, 2.24) is 24.8 Å². The zero-order chi connectivity index (χ0) is 26.1. The average Bonchev–Trinajstić information content (AvgIpc) is 3.67. The number of nitrogens with zero attached hydrogens (tertiary/aromatic N) is 4. The fourth-order valence-electron chi connectivity index (χ4n) is 4.90. The minimum absolute atomic E-state index is 0.179. The molecule has 194 valence electrons. The van der Waals surface area contributed by atoms with Gasteiger partial charge in [0.25, 0.3) is 0 Å². The third kappa shape index (κ3) is 4.61. The van der Waals surface area contributed by atoms with Gasteiger partial charge in [-0.3, -0.25) is 9.36 Å². The second-order valence-electron chi connectivity index (χ2n) is 9.18. The molecule has 10 nitrogen and oxygen atoms in total. The summed E-state index contributed by atoms with van der Waals surface area (Å²) in [6, 6.07) is 15.4. The van der Waals surface area contributed by atoms with Crippen molar-refractivity contribution in [2.75, 3.05) is 11.9 Å². The largest absolute Gasteiger partial charge is 0.394 e. The Labute approximate surface area is 222 Å². The van der Waals surface area contributed by atoms with Gasteiger partial charge in [-0.1, -0.05) is 42.5 Å². The monoisotopic (exact) mass is 530 g/mol. The zero-order valence-electron chi connectivity index (χ0n) is 20.3. The van der Waals surface area contributed by atoms with Crippen LogP contribution in [0.5, 0.6) is 0 Å². The molecule has 6 rings (SSSR count). The second kappa shape index (κ2) is 10.5. The lowest BCUT2D eigenvalue weighted by Crippen LogP contribution is -2.47. The summed E-state index contributed by atoms with van der Waals surface area (Å²) in [6.45, 7) is 0.140. The van der Waals surface area contributed by atoms with Crippen molar-refractivity contribution in [3.63, 3.8) is 0 Å². The normalized spacial score (nSPS) is 21.2. The van der Waals surface area contributed by atoms with Crippen LogP contribution in [0.3, 0.4) is 0 Å². The van der Waals surface area contributed by atoms with Crippen LogP contribution in [0.2, 0.25) is 0 Å². The third-order valence-corrected chi connectivity index (χ3v) is 7.51. The highest BCUT2D eigenvalue weighted by atomic mass is 32.1. The molecule has 1 saturated heterocycles. The molecular formula is C27H26N6O4S. The molecule has 0 aliphatic carbocycles. The number of nitrogens with one attached hydrogen (secondary N) is 2.